The van der Waals surface area contributed by atoms with Crippen molar-refractivity contribution in [2.24, 2.45) is 5.73 Å². The van der Waals surface area contributed by atoms with E-state index in [0.29, 0.717) is 24.0 Å². The Balaban J connectivity index is 0.00000180. The number of anilines is 1. The van der Waals surface area contributed by atoms with Gasteiger partial charge in [0, 0.05) is 26.7 Å². The van der Waals surface area contributed by atoms with Crippen molar-refractivity contribution in [1.29, 1.82) is 0 Å². The number of halogens is 1. The molecule has 0 saturated carbocycles. The van der Waals surface area contributed by atoms with Crippen LogP contribution in [0.4, 0.5) is 5.82 Å². The van der Waals surface area contributed by atoms with E-state index in [1.54, 1.807) is 14.2 Å². The van der Waals surface area contributed by atoms with E-state index in [9.17, 15) is 4.79 Å². The number of ether oxygens (including phenoxy) is 1. The van der Waals surface area contributed by atoms with Crippen LogP contribution < -0.4 is 16.4 Å². The summed E-state index contributed by atoms with van der Waals surface area (Å²) in [5.41, 5.74) is 5.73. The molecule has 0 bridgehead atoms. The van der Waals surface area contributed by atoms with E-state index < -0.39 is 5.91 Å². The lowest BCUT2D eigenvalue weighted by Gasteiger charge is -2.14. The number of carbonyl (C=O) groups is 1. The van der Waals surface area contributed by atoms with Crippen molar-refractivity contribution in [3.05, 3.63) is 11.8 Å². The molecule has 2 rings (SSSR count). The van der Waals surface area contributed by atoms with Crippen molar-refractivity contribution in [2.45, 2.75) is 18.5 Å². The first-order chi connectivity index (χ1) is 8.67. The molecule has 2 atom stereocenters. The predicted octanol–water partition coefficient (Wildman–Crippen LogP) is -0.00510. The maximum Gasteiger partial charge on any atom is 0.254 e. The van der Waals surface area contributed by atoms with Gasteiger partial charge in [-0.1, -0.05) is 0 Å². The fraction of sp³-hybridized carbons (Fsp3) is 0.636. The molecule has 1 saturated heterocycles. The van der Waals surface area contributed by atoms with Crippen LogP contribution in [0.3, 0.4) is 0 Å². The van der Waals surface area contributed by atoms with Crippen LogP contribution in [-0.4, -0.2) is 49.0 Å². The Labute approximate surface area is 118 Å². The molecule has 4 N–H and O–H groups in total. The molecule has 1 aliphatic heterocycles. The fourth-order valence-electron chi connectivity index (χ4n) is 2.38. The van der Waals surface area contributed by atoms with Crippen LogP contribution in [0.25, 0.3) is 0 Å². The van der Waals surface area contributed by atoms with Crippen molar-refractivity contribution < 1.29 is 9.53 Å². The minimum Gasteiger partial charge on any atom is -0.383 e. The van der Waals surface area contributed by atoms with Gasteiger partial charge in [-0.05, 0) is 6.42 Å². The zero-order valence-corrected chi connectivity index (χ0v) is 11.9. The molecule has 1 aromatic rings. The Morgan fingerprint density at radius 3 is 3.05 bits per heavy atom. The van der Waals surface area contributed by atoms with E-state index in [4.69, 9.17) is 10.5 Å². The van der Waals surface area contributed by atoms with Crippen LogP contribution in [0, 0.1) is 0 Å². The van der Waals surface area contributed by atoms with Gasteiger partial charge >= 0.3 is 0 Å². The second-order valence-corrected chi connectivity index (χ2v) is 4.42. The quantitative estimate of drug-likeness (QED) is 0.709. The Morgan fingerprint density at radius 2 is 2.47 bits per heavy atom. The van der Waals surface area contributed by atoms with Gasteiger partial charge in [0.15, 0.2) is 0 Å². The van der Waals surface area contributed by atoms with E-state index in [1.165, 1.54) is 6.20 Å². The van der Waals surface area contributed by atoms with Gasteiger partial charge < -0.3 is 21.1 Å². The molecule has 1 aliphatic rings. The molecule has 108 valence electrons. The van der Waals surface area contributed by atoms with Crippen molar-refractivity contribution >= 4 is 24.1 Å². The monoisotopic (exact) mass is 289 g/mol. The summed E-state index contributed by atoms with van der Waals surface area (Å²) in [6.45, 7) is 1.48. The number of carbonyl (C=O) groups excluding carboxylic acids is 1. The van der Waals surface area contributed by atoms with Crippen LogP contribution in [0.1, 0.15) is 22.8 Å². The van der Waals surface area contributed by atoms with Crippen LogP contribution >= 0.6 is 12.4 Å². The molecule has 2 heterocycles. The summed E-state index contributed by atoms with van der Waals surface area (Å²) in [4.78, 5) is 11.3. The molecule has 1 fully saturated rings. The van der Waals surface area contributed by atoms with Gasteiger partial charge in [-0.25, -0.2) is 4.68 Å². The predicted molar refractivity (Wildman–Crippen MR) is 74.9 cm³/mol. The van der Waals surface area contributed by atoms with Gasteiger partial charge in [0.2, 0.25) is 0 Å². The summed E-state index contributed by atoms with van der Waals surface area (Å²) in [7, 11) is 3.45. The van der Waals surface area contributed by atoms with Crippen molar-refractivity contribution in [3.8, 4) is 0 Å². The number of nitrogens with zero attached hydrogens (tertiary/aromatic N) is 2. The number of nitrogens with one attached hydrogen (secondary N) is 2. The first kappa shape index (κ1) is 15.7. The Hall–Kier alpha value is -1.31. The SMILES string of the molecule is CNc1c(C(N)=O)cnn1[C@@H]1CN[C@@H](COC)C1.Cl. The lowest BCUT2D eigenvalue weighted by Crippen LogP contribution is -2.25. The van der Waals surface area contributed by atoms with E-state index >= 15 is 0 Å². The largest absolute Gasteiger partial charge is 0.383 e. The molecule has 7 nitrogen and oxygen atoms in total. The minimum absolute atomic E-state index is 0. The summed E-state index contributed by atoms with van der Waals surface area (Å²) in [5.74, 6) is 0.206. The van der Waals surface area contributed by atoms with Crippen molar-refractivity contribution in [3.63, 3.8) is 0 Å². The van der Waals surface area contributed by atoms with Crippen molar-refractivity contribution in [2.75, 3.05) is 32.6 Å². The van der Waals surface area contributed by atoms with Gasteiger partial charge in [-0.15, -0.1) is 12.4 Å². The summed E-state index contributed by atoms with van der Waals surface area (Å²) < 4.78 is 6.95. The standard InChI is InChI=1S/C11H19N5O2.ClH/c1-13-11-9(10(12)17)5-15-16(11)8-3-7(6-18-2)14-4-8;/h5,7-8,13-14H,3-4,6H2,1-2H3,(H2,12,17);1H/t7-,8+;/m1./s1. The molecule has 0 unspecified atom stereocenters. The lowest BCUT2D eigenvalue weighted by atomic mass is 10.2. The fourth-order valence-corrected chi connectivity index (χ4v) is 2.38. The molecule has 0 aromatic carbocycles. The van der Waals surface area contributed by atoms with Crippen LogP contribution in [0.15, 0.2) is 6.20 Å². The number of nitrogens with two attached hydrogens (primary N) is 1. The number of methoxy groups -OCH3 is 1. The molecule has 8 heteroatoms. The smallest absolute Gasteiger partial charge is 0.254 e. The molecule has 0 radical (unpaired) electrons. The molecular formula is C11H20ClN5O2. The number of hydrogen-bond acceptors (Lipinski definition) is 5. The third-order valence-corrected chi connectivity index (χ3v) is 3.21. The highest BCUT2D eigenvalue weighted by Gasteiger charge is 2.28. The van der Waals surface area contributed by atoms with Crippen LogP contribution in [-0.2, 0) is 4.74 Å². The molecule has 0 spiro atoms. The third kappa shape index (κ3) is 3.17. The highest BCUT2D eigenvalue weighted by molar-refractivity contribution is 5.97. The lowest BCUT2D eigenvalue weighted by molar-refractivity contribution is 0.100. The highest BCUT2D eigenvalue weighted by Crippen LogP contribution is 2.25. The average Bonchev–Trinajstić information content (AvgIpc) is 2.94. The Morgan fingerprint density at radius 1 is 1.74 bits per heavy atom. The second-order valence-electron chi connectivity index (χ2n) is 4.42. The normalized spacial score (nSPS) is 22.0. The summed E-state index contributed by atoms with van der Waals surface area (Å²) in [6, 6.07) is 0.534. The second kappa shape index (κ2) is 6.74. The van der Waals surface area contributed by atoms with E-state index in [2.05, 4.69) is 15.7 Å². The third-order valence-electron chi connectivity index (χ3n) is 3.21. The highest BCUT2D eigenvalue weighted by atomic mass is 35.5. The van der Waals surface area contributed by atoms with E-state index in [-0.39, 0.29) is 18.4 Å². The van der Waals surface area contributed by atoms with Gasteiger partial charge in [0.25, 0.3) is 5.91 Å². The number of rotatable bonds is 5. The Kier molecular flexibility index (Phi) is 5.59. The summed E-state index contributed by atoms with van der Waals surface area (Å²) in [6.07, 6.45) is 2.43. The maximum atomic E-state index is 11.3. The summed E-state index contributed by atoms with van der Waals surface area (Å²) in [5, 5.41) is 10.6. The van der Waals surface area contributed by atoms with Gasteiger partial charge in [0.05, 0.1) is 18.8 Å². The average molecular weight is 290 g/mol. The number of aromatic nitrogens is 2. The molecule has 19 heavy (non-hydrogen) atoms. The van der Waals surface area contributed by atoms with Crippen molar-refractivity contribution in [1.82, 2.24) is 15.1 Å². The first-order valence-electron chi connectivity index (χ1n) is 5.94. The molecular weight excluding hydrogens is 270 g/mol. The zero-order valence-electron chi connectivity index (χ0n) is 11.0. The van der Waals surface area contributed by atoms with Gasteiger partial charge in [0.1, 0.15) is 11.4 Å². The maximum absolute atomic E-state index is 11.3. The topological polar surface area (TPSA) is 94.2 Å². The molecule has 1 amide bonds. The number of primary amides is 1. The van der Waals surface area contributed by atoms with E-state index in [1.807, 2.05) is 4.68 Å². The van der Waals surface area contributed by atoms with Crippen LogP contribution in [0.5, 0.6) is 0 Å². The molecule has 0 aliphatic carbocycles. The zero-order chi connectivity index (χ0) is 13.1. The minimum atomic E-state index is -0.468. The number of amides is 1. The van der Waals surface area contributed by atoms with Gasteiger partial charge in [-0.2, -0.15) is 5.10 Å². The Bertz CT molecular complexity index is 437. The van der Waals surface area contributed by atoms with Crippen LogP contribution in [0.2, 0.25) is 0 Å². The summed E-state index contributed by atoms with van der Waals surface area (Å²) >= 11 is 0. The van der Waals surface area contributed by atoms with Gasteiger partial charge in [-0.3, -0.25) is 4.79 Å². The molecule has 1 aromatic heterocycles. The first-order valence-corrected chi connectivity index (χ1v) is 5.94. The number of hydrogen-bond donors (Lipinski definition) is 3. The van der Waals surface area contributed by atoms with E-state index in [0.717, 1.165) is 13.0 Å².